The van der Waals surface area contributed by atoms with Crippen molar-refractivity contribution < 1.29 is 19.1 Å². The molecule has 1 saturated carbocycles. The van der Waals surface area contributed by atoms with E-state index in [0.717, 1.165) is 11.1 Å². The van der Waals surface area contributed by atoms with Gasteiger partial charge < -0.3 is 19.3 Å². The Bertz CT molecular complexity index is 788. The molecule has 0 atom stereocenters. The number of hydrogen-bond donors (Lipinski definition) is 0. The molecule has 1 fully saturated rings. The van der Waals surface area contributed by atoms with Crippen molar-refractivity contribution in [2.45, 2.75) is 11.8 Å². The molecule has 1 aliphatic carbocycles. The molecule has 1 aliphatic rings. The summed E-state index contributed by atoms with van der Waals surface area (Å²) >= 11 is 0. The average molecular weight is 439 g/mol. The Morgan fingerprint density at radius 2 is 1.00 bits per heavy atom. The normalized spacial score (nSPS) is 22.4. The Kier molecular flexibility index (Phi) is 8.42. The third-order valence-electron chi connectivity index (χ3n) is 6.03. The highest BCUT2D eigenvalue weighted by molar-refractivity contribution is 5.85. The lowest BCUT2D eigenvalue weighted by Crippen LogP contribution is -2.52. The highest BCUT2D eigenvalue weighted by Crippen LogP contribution is 2.58. The standard InChI is InChI=1S/C26H34N2O4/c1-27(2)15-17-31-25(29)23-21(19-11-7-5-8-12-19)24(26(30)32-18-16-28(3)4)22(23)20-13-9-6-10-14-20/h5-14,21-24H,15-18H2,1-4H3. The van der Waals surface area contributed by atoms with Gasteiger partial charge in [-0.25, -0.2) is 0 Å². The monoisotopic (exact) mass is 438 g/mol. The lowest BCUT2D eigenvalue weighted by atomic mass is 9.52. The number of esters is 2. The van der Waals surface area contributed by atoms with Crippen LogP contribution in [-0.2, 0) is 19.1 Å². The third-order valence-corrected chi connectivity index (χ3v) is 6.03. The van der Waals surface area contributed by atoms with Crippen LogP contribution in [-0.4, -0.2) is 76.2 Å². The van der Waals surface area contributed by atoms with E-state index in [-0.39, 0.29) is 23.8 Å². The van der Waals surface area contributed by atoms with Crippen molar-refractivity contribution in [1.82, 2.24) is 9.80 Å². The van der Waals surface area contributed by atoms with Gasteiger partial charge in [0.2, 0.25) is 0 Å². The first-order valence-electron chi connectivity index (χ1n) is 11.1. The fraction of sp³-hybridized carbons (Fsp3) is 0.462. The minimum atomic E-state index is -0.437. The van der Waals surface area contributed by atoms with Gasteiger partial charge in [0.15, 0.2) is 0 Å². The lowest BCUT2D eigenvalue weighted by Gasteiger charge is -2.49. The quantitative estimate of drug-likeness (QED) is 0.532. The topological polar surface area (TPSA) is 59.1 Å². The molecule has 0 spiro atoms. The van der Waals surface area contributed by atoms with Crippen LogP contribution in [0.25, 0.3) is 0 Å². The fourth-order valence-corrected chi connectivity index (χ4v) is 4.36. The van der Waals surface area contributed by atoms with Crippen molar-refractivity contribution in [3.8, 4) is 0 Å². The zero-order valence-corrected chi connectivity index (χ0v) is 19.4. The summed E-state index contributed by atoms with van der Waals surface area (Å²) in [5.41, 5.74) is 1.92. The van der Waals surface area contributed by atoms with E-state index in [1.54, 1.807) is 0 Å². The molecule has 0 aromatic heterocycles. The lowest BCUT2D eigenvalue weighted by molar-refractivity contribution is -0.167. The summed E-state index contributed by atoms with van der Waals surface area (Å²) in [6.07, 6.45) is 0. The number of likely N-dealkylation sites (N-methyl/N-ethyl adjacent to an activating group) is 2. The van der Waals surface area contributed by atoms with E-state index >= 15 is 0 Å². The number of ether oxygens (including phenoxy) is 2. The molecule has 0 N–H and O–H groups in total. The summed E-state index contributed by atoms with van der Waals surface area (Å²) in [6.45, 7) is 1.95. The Balaban J connectivity index is 1.90. The second-order valence-corrected chi connectivity index (χ2v) is 8.87. The Morgan fingerprint density at radius 3 is 1.31 bits per heavy atom. The third kappa shape index (κ3) is 5.75. The molecule has 3 rings (SSSR count). The van der Waals surface area contributed by atoms with Crippen LogP contribution in [0.1, 0.15) is 23.0 Å². The van der Waals surface area contributed by atoms with Gasteiger partial charge in [-0.15, -0.1) is 0 Å². The smallest absolute Gasteiger partial charge is 0.310 e. The molecule has 0 unspecified atom stereocenters. The van der Waals surface area contributed by atoms with E-state index in [1.165, 1.54) is 0 Å². The van der Waals surface area contributed by atoms with Crippen molar-refractivity contribution in [1.29, 1.82) is 0 Å². The second kappa shape index (κ2) is 11.2. The summed E-state index contributed by atoms with van der Waals surface area (Å²) in [4.78, 5) is 30.4. The Labute approximate surface area is 191 Å². The number of carbonyl (C=O) groups is 2. The van der Waals surface area contributed by atoms with E-state index in [0.29, 0.717) is 26.3 Å². The first kappa shape index (κ1) is 24.0. The van der Waals surface area contributed by atoms with Gasteiger partial charge in [0.1, 0.15) is 13.2 Å². The minimum Gasteiger partial charge on any atom is -0.464 e. The van der Waals surface area contributed by atoms with Crippen LogP contribution in [0.3, 0.4) is 0 Å². The van der Waals surface area contributed by atoms with Crippen LogP contribution in [0, 0.1) is 11.8 Å². The molecule has 172 valence electrons. The number of carbonyl (C=O) groups excluding carboxylic acids is 2. The largest absolute Gasteiger partial charge is 0.464 e. The van der Waals surface area contributed by atoms with Crippen LogP contribution in [0.5, 0.6) is 0 Å². The highest BCUT2D eigenvalue weighted by Gasteiger charge is 2.59. The number of hydrogen-bond acceptors (Lipinski definition) is 6. The molecule has 0 saturated heterocycles. The number of nitrogens with zero attached hydrogens (tertiary/aromatic N) is 2. The Hall–Kier alpha value is -2.70. The second-order valence-electron chi connectivity index (χ2n) is 8.87. The van der Waals surface area contributed by atoms with E-state index in [1.807, 2.05) is 98.7 Å². The van der Waals surface area contributed by atoms with Crippen molar-refractivity contribution in [3.63, 3.8) is 0 Å². The van der Waals surface area contributed by atoms with Gasteiger partial charge in [-0.1, -0.05) is 60.7 Å². The van der Waals surface area contributed by atoms with Crippen LogP contribution in [0.4, 0.5) is 0 Å². The maximum atomic E-state index is 13.2. The predicted molar refractivity (Wildman–Crippen MR) is 124 cm³/mol. The van der Waals surface area contributed by atoms with Gasteiger partial charge in [0.25, 0.3) is 0 Å². The maximum absolute atomic E-state index is 13.2. The van der Waals surface area contributed by atoms with Crippen LogP contribution in [0.2, 0.25) is 0 Å². The van der Waals surface area contributed by atoms with E-state index in [2.05, 4.69) is 0 Å². The summed E-state index contributed by atoms with van der Waals surface area (Å²) in [6, 6.07) is 19.5. The molecule has 6 heteroatoms. The van der Waals surface area contributed by atoms with E-state index in [4.69, 9.17) is 9.47 Å². The summed E-state index contributed by atoms with van der Waals surface area (Å²) in [5, 5.41) is 0. The van der Waals surface area contributed by atoms with Gasteiger partial charge in [-0.2, -0.15) is 0 Å². The molecule has 0 aliphatic heterocycles. The maximum Gasteiger partial charge on any atom is 0.310 e. The average Bonchev–Trinajstić information content (AvgIpc) is 2.74. The van der Waals surface area contributed by atoms with Gasteiger partial charge >= 0.3 is 11.9 Å². The van der Waals surface area contributed by atoms with Gasteiger partial charge in [-0.05, 0) is 39.3 Å². The number of benzene rings is 2. The SMILES string of the molecule is CN(C)CCOC(=O)C1C(c2ccccc2)C(C(=O)OCCN(C)C)C1c1ccccc1. The predicted octanol–water partition coefficient (Wildman–Crippen LogP) is 3.01. The summed E-state index contributed by atoms with van der Waals surface area (Å²) < 4.78 is 11.3. The molecule has 32 heavy (non-hydrogen) atoms. The zero-order valence-electron chi connectivity index (χ0n) is 19.4. The van der Waals surface area contributed by atoms with E-state index in [9.17, 15) is 9.59 Å². The molecular formula is C26H34N2O4. The highest BCUT2D eigenvalue weighted by atomic mass is 16.5. The zero-order chi connectivity index (χ0) is 23.1. The molecule has 6 nitrogen and oxygen atoms in total. The molecule has 0 radical (unpaired) electrons. The van der Waals surface area contributed by atoms with Gasteiger partial charge in [0, 0.05) is 24.9 Å². The number of rotatable bonds is 10. The van der Waals surface area contributed by atoms with Crippen molar-refractivity contribution >= 4 is 11.9 Å². The molecular weight excluding hydrogens is 404 g/mol. The van der Waals surface area contributed by atoms with Crippen LogP contribution in [0.15, 0.2) is 60.7 Å². The minimum absolute atomic E-state index is 0.258. The molecule has 0 amide bonds. The van der Waals surface area contributed by atoms with Crippen LogP contribution >= 0.6 is 0 Å². The fourth-order valence-electron chi connectivity index (χ4n) is 4.36. The van der Waals surface area contributed by atoms with Gasteiger partial charge in [-0.3, -0.25) is 9.59 Å². The summed E-state index contributed by atoms with van der Waals surface area (Å²) in [5.74, 6) is -1.94. The Morgan fingerprint density at radius 1 is 0.656 bits per heavy atom. The van der Waals surface area contributed by atoms with Crippen molar-refractivity contribution in [2.75, 3.05) is 54.5 Å². The first-order chi connectivity index (χ1) is 15.4. The summed E-state index contributed by atoms with van der Waals surface area (Å²) in [7, 11) is 7.76. The molecule has 0 heterocycles. The van der Waals surface area contributed by atoms with Crippen LogP contribution < -0.4 is 0 Å². The van der Waals surface area contributed by atoms with Crippen molar-refractivity contribution in [2.24, 2.45) is 11.8 Å². The molecule has 0 bridgehead atoms. The van der Waals surface area contributed by atoms with Gasteiger partial charge in [0.05, 0.1) is 11.8 Å². The molecule has 2 aromatic carbocycles. The molecule has 2 aromatic rings. The first-order valence-corrected chi connectivity index (χ1v) is 11.1. The van der Waals surface area contributed by atoms with E-state index < -0.39 is 11.8 Å². The van der Waals surface area contributed by atoms with Crippen molar-refractivity contribution in [3.05, 3.63) is 71.8 Å².